The molecule has 0 radical (unpaired) electrons. The van der Waals surface area contributed by atoms with Crippen LogP contribution in [0.25, 0.3) is 0 Å². The van der Waals surface area contributed by atoms with Crippen molar-refractivity contribution in [3.63, 3.8) is 0 Å². The Morgan fingerprint density at radius 3 is 2.86 bits per heavy atom. The first-order valence-corrected chi connectivity index (χ1v) is 8.64. The van der Waals surface area contributed by atoms with Crippen molar-refractivity contribution in [1.82, 2.24) is 5.32 Å². The molecule has 0 aromatic heterocycles. The zero-order valence-electron chi connectivity index (χ0n) is 13.1. The zero-order chi connectivity index (χ0) is 14.9. The first-order chi connectivity index (χ1) is 10.1. The minimum absolute atomic E-state index is 0.443. The standard InChI is InChI=1S/C18H26ClNO/c1-3-21-17-12-16(18(17)8-5-9-18)20-13(2)10-14-6-4-7-15(19)11-14/h4,6-7,11,13,16-17,20H,3,5,8-10,12H2,1-2H3. The largest absolute Gasteiger partial charge is 0.378 e. The van der Waals surface area contributed by atoms with E-state index in [9.17, 15) is 0 Å². The van der Waals surface area contributed by atoms with E-state index in [2.05, 4.69) is 31.3 Å². The van der Waals surface area contributed by atoms with Gasteiger partial charge in [0.1, 0.15) is 0 Å². The van der Waals surface area contributed by atoms with Gasteiger partial charge in [0.05, 0.1) is 6.10 Å². The van der Waals surface area contributed by atoms with Crippen LogP contribution in [0.1, 0.15) is 45.1 Å². The average molecular weight is 308 g/mol. The van der Waals surface area contributed by atoms with Gasteiger partial charge in [0.25, 0.3) is 0 Å². The normalized spacial score (nSPS) is 28.0. The molecule has 1 aromatic rings. The topological polar surface area (TPSA) is 21.3 Å². The Morgan fingerprint density at radius 1 is 1.43 bits per heavy atom. The molecule has 21 heavy (non-hydrogen) atoms. The summed E-state index contributed by atoms with van der Waals surface area (Å²) >= 11 is 6.07. The average Bonchev–Trinajstić information content (AvgIpc) is 2.35. The molecular formula is C18H26ClNO. The monoisotopic (exact) mass is 307 g/mol. The molecule has 1 spiro atoms. The van der Waals surface area contributed by atoms with Crippen LogP contribution in [-0.2, 0) is 11.2 Å². The summed E-state index contributed by atoms with van der Waals surface area (Å²) in [5.74, 6) is 0. The fourth-order valence-electron chi connectivity index (χ4n) is 4.09. The minimum Gasteiger partial charge on any atom is -0.378 e. The highest BCUT2D eigenvalue weighted by molar-refractivity contribution is 6.30. The van der Waals surface area contributed by atoms with E-state index in [1.165, 1.54) is 31.2 Å². The second-order valence-electron chi connectivity index (χ2n) is 6.72. The molecule has 0 heterocycles. The number of rotatable bonds is 6. The summed E-state index contributed by atoms with van der Waals surface area (Å²) in [6.45, 7) is 5.23. The van der Waals surface area contributed by atoms with E-state index in [1.54, 1.807) is 0 Å². The summed E-state index contributed by atoms with van der Waals surface area (Å²) in [6.07, 6.45) is 6.73. The van der Waals surface area contributed by atoms with Crippen molar-refractivity contribution in [3.05, 3.63) is 34.9 Å². The number of hydrogen-bond donors (Lipinski definition) is 1. The van der Waals surface area contributed by atoms with Crippen LogP contribution in [0, 0.1) is 5.41 Å². The van der Waals surface area contributed by atoms with E-state index < -0.39 is 0 Å². The van der Waals surface area contributed by atoms with Crippen molar-refractivity contribution in [2.24, 2.45) is 5.41 Å². The third-order valence-electron chi connectivity index (χ3n) is 5.35. The molecule has 116 valence electrons. The fraction of sp³-hybridized carbons (Fsp3) is 0.667. The number of nitrogens with one attached hydrogen (secondary N) is 1. The molecule has 0 saturated heterocycles. The summed E-state index contributed by atoms with van der Waals surface area (Å²) in [5, 5.41) is 4.67. The van der Waals surface area contributed by atoms with Gasteiger partial charge in [-0.1, -0.05) is 30.2 Å². The second-order valence-corrected chi connectivity index (χ2v) is 7.16. The molecule has 2 aliphatic rings. The summed E-state index contributed by atoms with van der Waals surface area (Å²) in [4.78, 5) is 0. The maximum absolute atomic E-state index is 6.07. The summed E-state index contributed by atoms with van der Waals surface area (Å²) in [5.41, 5.74) is 1.75. The predicted molar refractivity (Wildman–Crippen MR) is 87.9 cm³/mol. The molecule has 2 aliphatic carbocycles. The molecule has 2 nitrogen and oxygen atoms in total. The lowest BCUT2D eigenvalue weighted by atomic mass is 9.51. The van der Waals surface area contributed by atoms with Crippen LogP contribution in [0.3, 0.4) is 0 Å². The molecule has 3 unspecified atom stereocenters. The maximum atomic E-state index is 6.07. The van der Waals surface area contributed by atoms with Gasteiger partial charge in [-0.15, -0.1) is 0 Å². The SMILES string of the molecule is CCOC1CC(NC(C)Cc2cccc(Cl)c2)C12CCC2. The maximum Gasteiger partial charge on any atom is 0.0661 e. The van der Waals surface area contributed by atoms with E-state index in [0.717, 1.165) is 18.1 Å². The van der Waals surface area contributed by atoms with Gasteiger partial charge < -0.3 is 10.1 Å². The number of halogens is 1. The van der Waals surface area contributed by atoms with Gasteiger partial charge in [-0.3, -0.25) is 0 Å². The van der Waals surface area contributed by atoms with Gasteiger partial charge in [0, 0.05) is 29.1 Å². The minimum atomic E-state index is 0.443. The van der Waals surface area contributed by atoms with Crippen molar-refractivity contribution in [2.45, 2.75) is 64.1 Å². The van der Waals surface area contributed by atoms with Gasteiger partial charge in [0.15, 0.2) is 0 Å². The first kappa shape index (κ1) is 15.3. The Balaban J connectivity index is 1.55. The van der Waals surface area contributed by atoms with Crippen molar-refractivity contribution >= 4 is 11.6 Å². The Bertz CT molecular complexity index is 486. The van der Waals surface area contributed by atoms with Crippen LogP contribution in [0.2, 0.25) is 5.02 Å². The third kappa shape index (κ3) is 2.99. The first-order valence-electron chi connectivity index (χ1n) is 8.26. The molecule has 0 amide bonds. The number of hydrogen-bond acceptors (Lipinski definition) is 2. The van der Waals surface area contributed by atoms with Crippen LogP contribution < -0.4 is 5.32 Å². The highest BCUT2D eigenvalue weighted by atomic mass is 35.5. The smallest absolute Gasteiger partial charge is 0.0661 e. The summed E-state index contributed by atoms with van der Waals surface area (Å²) in [7, 11) is 0. The lowest BCUT2D eigenvalue weighted by Gasteiger charge is -2.61. The Hall–Kier alpha value is -0.570. The van der Waals surface area contributed by atoms with Crippen molar-refractivity contribution in [3.8, 4) is 0 Å². The molecule has 2 fully saturated rings. The molecule has 0 bridgehead atoms. The summed E-state index contributed by atoms with van der Waals surface area (Å²) in [6, 6.07) is 9.32. The highest BCUT2D eigenvalue weighted by Gasteiger charge is 2.58. The van der Waals surface area contributed by atoms with E-state index in [4.69, 9.17) is 16.3 Å². The van der Waals surface area contributed by atoms with Crippen LogP contribution in [0.4, 0.5) is 0 Å². The Labute approximate surface area is 133 Å². The Kier molecular flexibility index (Phi) is 4.58. The third-order valence-corrected chi connectivity index (χ3v) is 5.59. The van der Waals surface area contributed by atoms with Crippen molar-refractivity contribution in [2.75, 3.05) is 6.61 Å². The molecule has 1 aromatic carbocycles. The number of ether oxygens (including phenoxy) is 1. The molecule has 0 aliphatic heterocycles. The Morgan fingerprint density at radius 2 is 2.24 bits per heavy atom. The van der Waals surface area contributed by atoms with E-state index in [1.807, 2.05) is 12.1 Å². The molecule has 3 heteroatoms. The van der Waals surface area contributed by atoms with Gasteiger partial charge in [-0.2, -0.15) is 0 Å². The van der Waals surface area contributed by atoms with E-state index >= 15 is 0 Å². The molecule has 1 N–H and O–H groups in total. The highest BCUT2D eigenvalue weighted by Crippen LogP contribution is 2.57. The van der Waals surface area contributed by atoms with E-state index in [0.29, 0.717) is 23.6 Å². The molecule has 3 atom stereocenters. The van der Waals surface area contributed by atoms with Gasteiger partial charge in [-0.25, -0.2) is 0 Å². The quantitative estimate of drug-likeness (QED) is 0.850. The fourth-order valence-corrected chi connectivity index (χ4v) is 4.30. The molecular weight excluding hydrogens is 282 g/mol. The number of benzene rings is 1. The van der Waals surface area contributed by atoms with Gasteiger partial charge in [0.2, 0.25) is 0 Å². The second kappa shape index (κ2) is 6.28. The van der Waals surface area contributed by atoms with Crippen LogP contribution >= 0.6 is 11.6 Å². The molecule has 2 saturated carbocycles. The van der Waals surface area contributed by atoms with Gasteiger partial charge >= 0.3 is 0 Å². The van der Waals surface area contributed by atoms with E-state index in [-0.39, 0.29) is 0 Å². The zero-order valence-corrected chi connectivity index (χ0v) is 13.8. The van der Waals surface area contributed by atoms with Gasteiger partial charge in [-0.05, 0) is 57.2 Å². The summed E-state index contributed by atoms with van der Waals surface area (Å²) < 4.78 is 5.92. The van der Waals surface area contributed by atoms with Crippen molar-refractivity contribution in [1.29, 1.82) is 0 Å². The van der Waals surface area contributed by atoms with Crippen LogP contribution in [0.5, 0.6) is 0 Å². The lowest BCUT2D eigenvalue weighted by molar-refractivity contribution is -0.174. The predicted octanol–water partition coefficient (Wildman–Crippen LogP) is 4.21. The van der Waals surface area contributed by atoms with Crippen LogP contribution in [0.15, 0.2) is 24.3 Å². The van der Waals surface area contributed by atoms with Crippen LogP contribution in [-0.4, -0.2) is 24.8 Å². The molecule has 3 rings (SSSR count). The lowest BCUT2D eigenvalue weighted by Crippen LogP contribution is -2.68. The van der Waals surface area contributed by atoms with Crippen molar-refractivity contribution < 1.29 is 4.74 Å².